The molecule has 1 saturated heterocycles. The minimum atomic E-state index is -0.392. The standard InChI is InChI=1S/C13H15N5O2S/c1-10-2-3-14-8-11(10)16-4-6-17(7-5-16)13-15-9-12(21-13)18(19)20/h2-3,8-9H,4-7H2,1H3. The fourth-order valence-electron chi connectivity index (χ4n) is 2.41. The average Bonchev–Trinajstić information content (AvgIpc) is 2.98. The van der Waals surface area contributed by atoms with Crippen molar-refractivity contribution in [2.75, 3.05) is 36.0 Å². The summed E-state index contributed by atoms with van der Waals surface area (Å²) in [5.41, 5.74) is 2.37. The molecule has 0 radical (unpaired) electrons. The number of aryl methyl sites for hydroxylation is 1. The highest BCUT2D eigenvalue weighted by molar-refractivity contribution is 7.18. The molecule has 1 aliphatic rings. The van der Waals surface area contributed by atoms with Gasteiger partial charge in [-0.15, -0.1) is 0 Å². The zero-order valence-electron chi connectivity index (χ0n) is 11.6. The molecule has 0 amide bonds. The highest BCUT2D eigenvalue weighted by Gasteiger charge is 2.22. The predicted molar refractivity (Wildman–Crippen MR) is 82.2 cm³/mol. The van der Waals surface area contributed by atoms with Crippen LogP contribution in [0.3, 0.4) is 0 Å². The van der Waals surface area contributed by atoms with Crippen molar-refractivity contribution in [2.24, 2.45) is 0 Å². The van der Waals surface area contributed by atoms with E-state index in [9.17, 15) is 10.1 Å². The SMILES string of the molecule is Cc1ccncc1N1CCN(c2ncc([N+](=O)[O-])s2)CC1. The Morgan fingerprint density at radius 1 is 1.24 bits per heavy atom. The van der Waals surface area contributed by atoms with E-state index in [1.165, 1.54) is 11.8 Å². The van der Waals surface area contributed by atoms with Gasteiger partial charge in [0.05, 0.1) is 16.8 Å². The van der Waals surface area contributed by atoms with Crippen molar-refractivity contribution in [3.05, 3.63) is 40.3 Å². The Kier molecular flexibility index (Phi) is 3.70. The Hall–Kier alpha value is -2.22. The Morgan fingerprint density at radius 2 is 1.95 bits per heavy atom. The monoisotopic (exact) mass is 305 g/mol. The summed E-state index contributed by atoms with van der Waals surface area (Å²) in [4.78, 5) is 23.0. The molecular formula is C13H15N5O2S. The molecule has 0 aromatic carbocycles. The molecule has 7 nitrogen and oxygen atoms in total. The minimum absolute atomic E-state index is 0.0931. The van der Waals surface area contributed by atoms with Crippen LogP contribution in [-0.4, -0.2) is 41.1 Å². The smallest absolute Gasteiger partial charge is 0.345 e. The van der Waals surface area contributed by atoms with Gasteiger partial charge < -0.3 is 9.80 Å². The van der Waals surface area contributed by atoms with E-state index in [2.05, 4.69) is 26.7 Å². The van der Waals surface area contributed by atoms with Crippen molar-refractivity contribution >= 4 is 27.2 Å². The Labute approximate surface area is 126 Å². The molecule has 0 atom stereocenters. The number of nitro groups is 1. The molecule has 0 N–H and O–H groups in total. The molecule has 0 spiro atoms. The molecule has 1 aliphatic heterocycles. The maximum Gasteiger partial charge on any atom is 0.345 e. The number of piperazine rings is 1. The van der Waals surface area contributed by atoms with Gasteiger partial charge in [0.15, 0.2) is 5.13 Å². The van der Waals surface area contributed by atoms with E-state index in [1.54, 1.807) is 6.20 Å². The largest absolute Gasteiger partial charge is 0.367 e. The number of aromatic nitrogens is 2. The van der Waals surface area contributed by atoms with Gasteiger partial charge >= 0.3 is 5.00 Å². The van der Waals surface area contributed by atoms with Gasteiger partial charge in [-0.05, 0) is 29.9 Å². The van der Waals surface area contributed by atoms with Gasteiger partial charge in [0.1, 0.15) is 6.20 Å². The number of nitrogens with zero attached hydrogens (tertiary/aromatic N) is 5. The summed E-state index contributed by atoms with van der Waals surface area (Å²) in [5.74, 6) is 0. The van der Waals surface area contributed by atoms with Crippen LogP contribution in [-0.2, 0) is 0 Å². The Balaban J connectivity index is 1.67. The highest BCUT2D eigenvalue weighted by atomic mass is 32.1. The van der Waals surface area contributed by atoms with Gasteiger partial charge in [-0.25, -0.2) is 4.98 Å². The van der Waals surface area contributed by atoms with Gasteiger partial charge in [-0.3, -0.25) is 15.1 Å². The summed E-state index contributed by atoms with van der Waals surface area (Å²) in [5, 5.41) is 11.5. The first-order chi connectivity index (χ1) is 10.1. The molecule has 2 aromatic heterocycles. The van der Waals surface area contributed by atoms with Crippen LogP contribution < -0.4 is 9.80 Å². The van der Waals surface area contributed by atoms with E-state index >= 15 is 0 Å². The van der Waals surface area contributed by atoms with Gasteiger partial charge in [0, 0.05) is 32.4 Å². The summed E-state index contributed by atoms with van der Waals surface area (Å²) in [6.07, 6.45) is 5.01. The van der Waals surface area contributed by atoms with E-state index in [0.29, 0.717) is 0 Å². The van der Waals surface area contributed by atoms with Gasteiger partial charge in [0.25, 0.3) is 0 Å². The van der Waals surface area contributed by atoms with Crippen molar-refractivity contribution in [2.45, 2.75) is 6.92 Å². The van der Waals surface area contributed by atoms with E-state index in [-0.39, 0.29) is 5.00 Å². The first kappa shape index (κ1) is 13.7. The molecule has 3 heterocycles. The normalized spacial score (nSPS) is 15.3. The molecule has 21 heavy (non-hydrogen) atoms. The molecule has 0 bridgehead atoms. The number of anilines is 2. The number of hydrogen-bond donors (Lipinski definition) is 0. The third kappa shape index (κ3) is 2.80. The average molecular weight is 305 g/mol. The van der Waals surface area contributed by atoms with E-state index in [0.717, 1.165) is 48.3 Å². The topological polar surface area (TPSA) is 75.4 Å². The number of hydrogen-bond acceptors (Lipinski definition) is 7. The van der Waals surface area contributed by atoms with Crippen molar-refractivity contribution in [3.63, 3.8) is 0 Å². The maximum atomic E-state index is 10.7. The second kappa shape index (κ2) is 5.65. The van der Waals surface area contributed by atoms with Gasteiger partial charge in [-0.2, -0.15) is 0 Å². The second-order valence-electron chi connectivity index (χ2n) is 4.87. The lowest BCUT2D eigenvalue weighted by molar-refractivity contribution is -0.380. The fraction of sp³-hybridized carbons (Fsp3) is 0.385. The van der Waals surface area contributed by atoms with Crippen LogP contribution in [0.1, 0.15) is 5.56 Å². The van der Waals surface area contributed by atoms with Crippen LogP contribution in [0.2, 0.25) is 0 Å². The Bertz CT molecular complexity index is 652. The number of thiazole rings is 1. The molecule has 0 unspecified atom stereocenters. The van der Waals surface area contributed by atoms with Crippen molar-refractivity contribution in [1.29, 1.82) is 0 Å². The summed E-state index contributed by atoms with van der Waals surface area (Å²) >= 11 is 1.13. The summed E-state index contributed by atoms with van der Waals surface area (Å²) in [7, 11) is 0. The molecular weight excluding hydrogens is 290 g/mol. The van der Waals surface area contributed by atoms with Gasteiger partial charge in [0.2, 0.25) is 0 Å². The lowest BCUT2D eigenvalue weighted by Gasteiger charge is -2.36. The number of rotatable bonds is 3. The summed E-state index contributed by atoms with van der Waals surface area (Å²) in [6, 6.07) is 2.01. The zero-order valence-corrected chi connectivity index (χ0v) is 12.4. The maximum absolute atomic E-state index is 10.7. The van der Waals surface area contributed by atoms with Crippen LogP contribution in [0.5, 0.6) is 0 Å². The van der Waals surface area contributed by atoms with Crippen LogP contribution >= 0.6 is 11.3 Å². The van der Waals surface area contributed by atoms with Crippen molar-refractivity contribution in [3.8, 4) is 0 Å². The molecule has 110 valence electrons. The lowest BCUT2D eigenvalue weighted by atomic mass is 10.2. The quantitative estimate of drug-likeness (QED) is 0.638. The van der Waals surface area contributed by atoms with E-state index < -0.39 is 4.92 Å². The molecule has 8 heteroatoms. The molecule has 1 fully saturated rings. The van der Waals surface area contributed by atoms with Crippen LogP contribution in [0.4, 0.5) is 15.8 Å². The van der Waals surface area contributed by atoms with Crippen LogP contribution in [0.25, 0.3) is 0 Å². The lowest BCUT2D eigenvalue weighted by Crippen LogP contribution is -2.46. The first-order valence-electron chi connectivity index (χ1n) is 6.66. The molecule has 2 aromatic rings. The van der Waals surface area contributed by atoms with Crippen molar-refractivity contribution in [1.82, 2.24) is 9.97 Å². The van der Waals surface area contributed by atoms with Gasteiger partial charge in [-0.1, -0.05) is 0 Å². The zero-order chi connectivity index (χ0) is 14.8. The molecule has 3 rings (SSSR count). The van der Waals surface area contributed by atoms with Crippen LogP contribution in [0.15, 0.2) is 24.7 Å². The second-order valence-corrected chi connectivity index (χ2v) is 5.86. The van der Waals surface area contributed by atoms with Crippen molar-refractivity contribution < 1.29 is 4.92 Å². The fourth-order valence-corrected chi connectivity index (χ4v) is 3.20. The number of pyridine rings is 1. The predicted octanol–water partition coefficient (Wildman–Crippen LogP) is 2.08. The summed E-state index contributed by atoms with van der Waals surface area (Å²) in [6.45, 7) is 5.41. The third-order valence-electron chi connectivity index (χ3n) is 3.56. The van der Waals surface area contributed by atoms with Crippen LogP contribution in [0, 0.1) is 17.0 Å². The van der Waals surface area contributed by atoms with E-state index in [4.69, 9.17) is 0 Å². The Morgan fingerprint density at radius 3 is 2.57 bits per heavy atom. The van der Waals surface area contributed by atoms with E-state index in [1.807, 2.05) is 12.3 Å². The highest BCUT2D eigenvalue weighted by Crippen LogP contribution is 2.29. The third-order valence-corrected chi connectivity index (χ3v) is 4.57. The minimum Gasteiger partial charge on any atom is -0.367 e. The molecule has 0 aliphatic carbocycles. The first-order valence-corrected chi connectivity index (χ1v) is 7.47. The molecule has 0 saturated carbocycles. The summed E-state index contributed by atoms with van der Waals surface area (Å²) < 4.78 is 0.